The minimum Gasteiger partial charge on any atom is -0.497 e. The van der Waals surface area contributed by atoms with Gasteiger partial charge in [0.05, 0.1) is 13.2 Å². The second-order valence-corrected chi connectivity index (χ2v) is 5.90. The Morgan fingerprint density at radius 2 is 2.18 bits per heavy atom. The van der Waals surface area contributed by atoms with Crippen LogP contribution in [-0.4, -0.2) is 24.5 Å². The quantitative estimate of drug-likeness (QED) is 0.740. The van der Waals surface area contributed by atoms with Gasteiger partial charge in [-0.1, -0.05) is 18.2 Å². The zero-order valence-corrected chi connectivity index (χ0v) is 14.0. The molecule has 2 rings (SSSR count). The lowest BCUT2D eigenvalue weighted by molar-refractivity contribution is -0.127. The van der Waals surface area contributed by atoms with Crippen molar-refractivity contribution < 1.29 is 9.53 Å². The molecular formula is C18H21NO2S. The van der Waals surface area contributed by atoms with Crippen molar-refractivity contribution >= 4 is 23.3 Å². The van der Waals surface area contributed by atoms with Crippen molar-refractivity contribution in [2.75, 3.05) is 13.7 Å². The zero-order valence-electron chi connectivity index (χ0n) is 13.2. The van der Waals surface area contributed by atoms with Crippen molar-refractivity contribution in [3.05, 3.63) is 58.3 Å². The minimum absolute atomic E-state index is 0.000542. The number of carbonyl (C=O) groups is 1. The van der Waals surface area contributed by atoms with Crippen LogP contribution in [0.3, 0.4) is 0 Å². The van der Waals surface area contributed by atoms with Gasteiger partial charge in [0.15, 0.2) is 0 Å². The molecule has 0 radical (unpaired) electrons. The fourth-order valence-corrected chi connectivity index (χ4v) is 2.96. The summed E-state index contributed by atoms with van der Waals surface area (Å²) in [5, 5.41) is 2.00. The van der Waals surface area contributed by atoms with E-state index in [1.807, 2.05) is 66.6 Å². The molecule has 0 N–H and O–H groups in total. The molecule has 1 aromatic heterocycles. The van der Waals surface area contributed by atoms with Gasteiger partial charge in [0.25, 0.3) is 0 Å². The summed E-state index contributed by atoms with van der Waals surface area (Å²) in [7, 11) is 1.65. The molecule has 1 atom stereocenters. The third kappa shape index (κ3) is 3.98. The summed E-state index contributed by atoms with van der Waals surface area (Å²) in [5.74, 6) is 0.827. The second kappa shape index (κ2) is 7.80. The third-order valence-corrected chi connectivity index (χ3v) is 4.44. The van der Waals surface area contributed by atoms with E-state index in [-0.39, 0.29) is 11.9 Å². The van der Waals surface area contributed by atoms with Gasteiger partial charge in [-0.05, 0) is 49.1 Å². The van der Waals surface area contributed by atoms with Crippen LogP contribution in [-0.2, 0) is 4.79 Å². The van der Waals surface area contributed by atoms with E-state index >= 15 is 0 Å². The molecule has 0 saturated heterocycles. The Morgan fingerprint density at radius 1 is 1.36 bits per heavy atom. The number of nitrogens with zero attached hydrogens (tertiary/aromatic N) is 1. The van der Waals surface area contributed by atoms with Crippen LogP contribution in [0.1, 0.15) is 30.3 Å². The maximum absolute atomic E-state index is 12.5. The van der Waals surface area contributed by atoms with E-state index in [4.69, 9.17) is 4.74 Å². The molecule has 116 valence electrons. The lowest BCUT2D eigenvalue weighted by Gasteiger charge is -2.27. The predicted molar refractivity (Wildman–Crippen MR) is 92.1 cm³/mol. The Bertz CT molecular complexity index is 634. The van der Waals surface area contributed by atoms with Gasteiger partial charge in [0.2, 0.25) is 5.91 Å². The van der Waals surface area contributed by atoms with Crippen molar-refractivity contribution in [2.24, 2.45) is 0 Å². The van der Waals surface area contributed by atoms with Gasteiger partial charge in [0.1, 0.15) is 5.75 Å². The number of thiophene rings is 1. The Morgan fingerprint density at radius 3 is 2.82 bits per heavy atom. The molecule has 0 aliphatic carbocycles. The minimum atomic E-state index is 0.000542. The molecule has 0 aliphatic rings. The number of methoxy groups -OCH3 is 1. The van der Waals surface area contributed by atoms with Crippen LogP contribution >= 0.6 is 11.3 Å². The van der Waals surface area contributed by atoms with Crippen LogP contribution in [0.2, 0.25) is 0 Å². The van der Waals surface area contributed by atoms with Crippen molar-refractivity contribution in [3.8, 4) is 5.75 Å². The van der Waals surface area contributed by atoms with E-state index in [9.17, 15) is 4.79 Å². The first-order valence-electron chi connectivity index (χ1n) is 7.31. The molecule has 0 spiro atoms. The molecule has 0 aliphatic heterocycles. The maximum atomic E-state index is 12.5. The fraction of sp³-hybridized carbons (Fsp3) is 0.278. The third-order valence-electron chi connectivity index (χ3n) is 3.60. The van der Waals surface area contributed by atoms with Crippen LogP contribution in [0.5, 0.6) is 5.75 Å². The summed E-state index contributed by atoms with van der Waals surface area (Å²) in [6.07, 6.45) is 3.51. The second-order valence-electron chi connectivity index (χ2n) is 4.93. The van der Waals surface area contributed by atoms with Crippen molar-refractivity contribution in [2.45, 2.75) is 19.9 Å². The molecular weight excluding hydrogens is 294 g/mol. The Hall–Kier alpha value is -2.07. The van der Waals surface area contributed by atoms with Gasteiger partial charge >= 0.3 is 0 Å². The highest BCUT2D eigenvalue weighted by Gasteiger charge is 2.18. The lowest BCUT2D eigenvalue weighted by Crippen LogP contribution is -2.32. The Kier molecular flexibility index (Phi) is 5.78. The van der Waals surface area contributed by atoms with E-state index in [1.165, 1.54) is 0 Å². The average molecular weight is 315 g/mol. The fourth-order valence-electron chi connectivity index (χ4n) is 2.34. The summed E-state index contributed by atoms with van der Waals surface area (Å²) in [6.45, 7) is 4.69. The summed E-state index contributed by atoms with van der Waals surface area (Å²) < 4.78 is 5.26. The van der Waals surface area contributed by atoms with Crippen LogP contribution in [0, 0.1) is 0 Å². The van der Waals surface area contributed by atoms with Crippen LogP contribution in [0.4, 0.5) is 0 Å². The first-order chi connectivity index (χ1) is 10.7. The number of carbonyl (C=O) groups excluding carboxylic acids is 1. The molecule has 1 heterocycles. The molecule has 0 fully saturated rings. The molecule has 1 unspecified atom stereocenters. The average Bonchev–Trinajstić information content (AvgIpc) is 3.07. The van der Waals surface area contributed by atoms with Crippen LogP contribution < -0.4 is 4.74 Å². The lowest BCUT2D eigenvalue weighted by atomic mass is 10.1. The van der Waals surface area contributed by atoms with E-state index in [2.05, 4.69) is 0 Å². The molecule has 1 aromatic carbocycles. The molecule has 22 heavy (non-hydrogen) atoms. The molecule has 0 bridgehead atoms. The smallest absolute Gasteiger partial charge is 0.247 e. The number of hydrogen-bond donors (Lipinski definition) is 0. The van der Waals surface area contributed by atoms with Gasteiger partial charge in [0, 0.05) is 17.5 Å². The van der Waals surface area contributed by atoms with E-state index < -0.39 is 0 Å². The maximum Gasteiger partial charge on any atom is 0.247 e. The number of ether oxygens (including phenoxy) is 1. The monoisotopic (exact) mass is 315 g/mol. The van der Waals surface area contributed by atoms with Gasteiger partial charge < -0.3 is 9.64 Å². The Labute approximate surface area is 135 Å². The van der Waals surface area contributed by atoms with Crippen LogP contribution in [0.15, 0.2) is 47.9 Å². The molecule has 0 saturated carbocycles. The van der Waals surface area contributed by atoms with E-state index in [0.29, 0.717) is 6.54 Å². The number of amides is 1. The summed E-state index contributed by atoms with van der Waals surface area (Å²) >= 11 is 1.62. The number of rotatable bonds is 6. The summed E-state index contributed by atoms with van der Waals surface area (Å²) in [6, 6.07) is 11.8. The van der Waals surface area contributed by atoms with Crippen molar-refractivity contribution in [1.29, 1.82) is 0 Å². The van der Waals surface area contributed by atoms with Crippen molar-refractivity contribution in [1.82, 2.24) is 4.90 Å². The van der Waals surface area contributed by atoms with Gasteiger partial charge in [-0.3, -0.25) is 4.79 Å². The predicted octanol–water partition coefficient (Wildman–Crippen LogP) is 4.38. The SMILES string of the molecule is CCN(C(=O)/C=C\c1cccs1)C(C)c1cccc(OC)c1. The molecule has 3 nitrogen and oxygen atoms in total. The summed E-state index contributed by atoms with van der Waals surface area (Å²) in [4.78, 5) is 15.4. The normalized spacial score (nSPS) is 12.3. The molecule has 4 heteroatoms. The highest BCUT2D eigenvalue weighted by molar-refractivity contribution is 7.10. The number of likely N-dealkylation sites (N-methyl/N-ethyl adjacent to an activating group) is 1. The standard InChI is InChI=1S/C18H21NO2S/c1-4-19(18(20)11-10-17-9-6-12-22-17)14(2)15-7-5-8-16(13-15)21-3/h5-14H,4H2,1-3H3/b11-10-. The Balaban J connectivity index is 2.13. The van der Waals surface area contributed by atoms with E-state index in [1.54, 1.807) is 24.5 Å². The highest BCUT2D eigenvalue weighted by Crippen LogP contribution is 2.24. The van der Waals surface area contributed by atoms with E-state index in [0.717, 1.165) is 16.2 Å². The first kappa shape index (κ1) is 16.3. The first-order valence-corrected chi connectivity index (χ1v) is 8.19. The number of hydrogen-bond acceptors (Lipinski definition) is 3. The van der Waals surface area contributed by atoms with Gasteiger partial charge in [-0.25, -0.2) is 0 Å². The van der Waals surface area contributed by atoms with Gasteiger partial charge in [-0.2, -0.15) is 0 Å². The zero-order chi connectivity index (χ0) is 15.9. The topological polar surface area (TPSA) is 29.5 Å². The largest absolute Gasteiger partial charge is 0.497 e. The number of benzene rings is 1. The molecule has 2 aromatic rings. The molecule has 1 amide bonds. The summed E-state index contributed by atoms with van der Waals surface area (Å²) in [5.41, 5.74) is 1.07. The van der Waals surface area contributed by atoms with Gasteiger partial charge in [-0.15, -0.1) is 11.3 Å². The highest BCUT2D eigenvalue weighted by atomic mass is 32.1. The van der Waals surface area contributed by atoms with Crippen LogP contribution in [0.25, 0.3) is 6.08 Å². The van der Waals surface area contributed by atoms with Crippen molar-refractivity contribution in [3.63, 3.8) is 0 Å².